The fraction of sp³-hybridized carbons (Fsp3) is 0.385. The average molecular weight is 301 g/mol. The zero-order valence-corrected chi connectivity index (χ0v) is 11.9. The molecule has 0 radical (unpaired) electrons. The van der Waals surface area contributed by atoms with E-state index in [4.69, 9.17) is 21.8 Å². The normalized spacial score (nSPS) is 10.2. The second-order valence-corrected chi connectivity index (χ2v) is 4.48. The molecule has 110 valence electrons. The Morgan fingerprint density at radius 1 is 1.35 bits per heavy atom. The summed E-state index contributed by atoms with van der Waals surface area (Å²) in [5, 5.41) is 18.3. The maximum atomic E-state index is 12.3. The SMILES string of the molecule is CCN(CCO)C(=O)N(CC(=O)O)c1cccc(Cl)c1. The van der Waals surface area contributed by atoms with Crippen molar-refractivity contribution >= 4 is 29.3 Å². The molecule has 0 aliphatic rings. The standard InChI is InChI=1S/C13H17ClN2O4/c1-2-15(6-7-17)13(20)16(9-12(18)19)11-5-3-4-10(14)8-11/h3-5,8,17H,2,6-7,9H2,1H3,(H,18,19). The maximum Gasteiger partial charge on any atom is 0.325 e. The highest BCUT2D eigenvalue weighted by Gasteiger charge is 2.23. The van der Waals surface area contributed by atoms with E-state index in [0.29, 0.717) is 17.3 Å². The second-order valence-electron chi connectivity index (χ2n) is 4.05. The van der Waals surface area contributed by atoms with Gasteiger partial charge in [-0.05, 0) is 25.1 Å². The van der Waals surface area contributed by atoms with Crippen LogP contribution in [0.5, 0.6) is 0 Å². The third-order valence-corrected chi connectivity index (χ3v) is 2.90. The average Bonchev–Trinajstić information content (AvgIpc) is 2.41. The number of aliphatic carboxylic acids is 1. The molecule has 2 N–H and O–H groups in total. The highest BCUT2D eigenvalue weighted by Crippen LogP contribution is 2.20. The molecule has 0 aliphatic carbocycles. The lowest BCUT2D eigenvalue weighted by Crippen LogP contribution is -2.46. The Balaban J connectivity index is 3.05. The quantitative estimate of drug-likeness (QED) is 0.837. The molecule has 0 saturated carbocycles. The molecule has 1 aromatic carbocycles. The first-order chi connectivity index (χ1) is 9.49. The molecule has 0 bridgehead atoms. The predicted octanol–water partition coefficient (Wildman–Crippen LogP) is 1.67. The van der Waals surface area contributed by atoms with Crippen LogP contribution in [-0.2, 0) is 4.79 Å². The third-order valence-electron chi connectivity index (χ3n) is 2.67. The zero-order chi connectivity index (χ0) is 15.1. The van der Waals surface area contributed by atoms with Crippen molar-refractivity contribution < 1.29 is 19.8 Å². The first-order valence-electron chi connectivity index (χ1n) is 6.14. The van der Waals surface area contributed by atoms with Gasteiger partial charge >= 0.3 is 12.0 Å². The summed E-state index contributed by atoms with van der Waals surface area (Å²) in [5.74, 6) is -1.13. The first-order valence-corrected chi connectivity index (χ1v) is 6.52. The molecule has 1 rings (SSSR count). The summed E-state index contributed by atoms with van der Waals surface area (Å²) in [6.07, 6.45) is 0. The molecule has 0 saturated heterocycles. The maximum absolute atomic E-state index is 12.3. The molecule has 1 aromatic rings. The summed E-state index contributed by atoms with van der Waals surface area (Å²) in [6.45, 7) is 1.61. The van der Waals surface area contributed by atoms with Crippen molar-refractivity contribution in [2.24, 2.45) is 0 Å². The topological polar surface area (TPSA) is 81.1 Å². The third kappa shape index (κ3) is 4.40. The van der Waals surface area contributed by atoms with E-state index >= 15 is 0 Å². The molecular weight excluding hydrogens is 284 g/mol. The molecule has 0 heterocycles. The summed E-state index contributed by atoms with van der Waals surface area (Å²) in [6, 6.07) is 5.93. The van der Waals surface area contributed by atoms with Gasteiger partial charge in [-0.2, -0.15) is 0 Å². The molecular formula is C13H17ClN2O4. The van der Waals surface area contributed by atoms with Gasteiger partial charge in [0.2, 0.25) is 0 Å². The van der Waals surface area contributed by atoms with E-state index in [1.165, 1.54) is 11.0 Å². The molecule has 7 heteroatoms. The number of rotatable bonds is 6. The van der Waals surface area contributed by atoms with Crippen LogP contribution >= 0.6 is 11.6 Å². The van der Waals surface area contributed by atoms with Gasteiger partial charge in [0, 0.05) is 23.8 Å². The Morgan fingerprint density at radius 3 is 2.55 bits per heavy atom. The first kappa shape index (κ1) is 16.3. The molecule has 20 heavy (non-hydrogen) atoms. The number of anilines is 1. The molecule has 0 aromatic heterocycles. The number of carbonyl (C=O) groups is 2. The van der Waals surface area contributed by atoms with Gasteiger partial charge in [-0.25, -0.2) is 4.79 Å². The number of aliphatic hydroxyl groups excluding tert-OH is 1. The van der Waals surface area contributed by atoms with Crippen LogP contribution in [-0.4, -0.2) is 53.4 Å². The number of aliphatic hydroxyl groups is 1. The number of halogens is 1. The van der Waals surface area contributed by atoms with Crippen LogP contribution in [0.3, 0.4) is 0 Å². The van der Waals surface area contributed by atoms with Crippen molar-refractivity contribution in [3.05, 3.63) is 29.3 Å². The van der Waals surface area contributed by atoms with E-state index in [-0.39, 0.29) is 13.2 Å². The monoisotopic (exact) mass is 300 g/mol. The molecule has 2 amide bonds. The number of likely N-dealkylation sites (N-methyl/N-ethyl adjacent to an activating group) is 1. The number of hydrogen-bond acceptors (Lipinski definition) is 3. The number of benzene rings is 1. The van der Waals surface area contributed by atoms with Crippen LogP contribution in [0.25, 0.3) is 0 Å². The van der Waals surface area contributed by atoms with Gasteiger partial charge in [0.1, 0.15) is 6.54 Å². The van der Waals surface area contributed by atoms with Crippen LogP contribution in [0.2, 0.25) is 5.02 Å². The Bertz CT molecular complexity index is 481. The lowest BCUT2D eigenvalue weighted by Gasteiger charge is -2.28. The Hall–Kier alpha value is -1.79. The summed E-state index contributed by atoms with van der Waals surface area (Å²) in [5.41, 5.74) is 0.404. The van der Waals surface area contributed by atoms with Crippen molar-refractivity contribution in [2.45, 2.75) is 6.92 Å². The van der Waals surface area contributed by atoms with Crippen molar-refractivity contribution in [1.29, 1.82) is 0 Å². The van der Waals surface area contributed by atoms with E-state index in [2.05, 4.69) is 0 Å². The number of amides is 2. The Morgan fingerprint density at radius 2 is 2.05 bits per heavy atom. The largest absolute Gasteiger partial charge is 0.480 e. The molecule has 0 atom stereocenters. The fourth-order valence-electron chi connectivity index (χ4n) is 1.73. The van der Waals surface area contributed by atoms with E-state index in [1.54, 1.807) is 25.1 Å². The molecule has 0 spiro atoms. The van der Waals surface area contributed by atoms with Gasteiger partial charge < -0.3 is 15.1 Å². The number of carbonyl (C=O) groups excluding carboxylic acids is 1. The van der Waals surface area contributed by atoms with E-state index < -0.39 is 18.5 Å². The summed E-state index contributed by atoms with van der Waals surface area (Å²) in [4.78, 5) is 25.8. The van der Waals surface area contributed by atoms with Crippen LogP contribution in [0.4, 0.5) is 10.5 Å². The molecule has 6 nitrogen and oxygen atoms in total. The van der Waals surface area contributed by atoms with E-state index in [1.807, 2.05) is 0 Å². The number of hydrogen-bond donors (Lipinski definition) is 2. The minimum Gasteiger partial charge on any atom is -0.480 e. The van der Waals surface area contributed by atoms with Gasteiger partial charge in [0.05, 0.1) is 6.61 Å². The van der Waals surface area contributed by atoms with E-state index in [0.717, 1.165) is 4.90 Å². The van der Waals surface area contributed by atoms with Crippen molar-refractivity contribution in [1.82, 2.24) is 4.90 Å². The van der Waals surface area contributed by atoms with Crippen molar-refractivity contribution in [3.8, 4) is 0 Å². The predicted molar refractivity (Wildman–Crippen MR) is 76.2 cm³/mol. The van der Waals surface area contributed by atoms with Gasteiger partial charge in [-0.1, -0.05) is 17.7 Å². The summed E-state index contributed by atoms with van der Waals surface area (Å²) < 4.78 is 0. The molecule has 0 aliphatic heterocycles. The van der Waals surface area contributed by atoms with Gasteiger partial charge in [0.25, 0.3) is 0 Å². The smallest absolute Gasteiger partial charge is 0.325 e. The van der Waals surface area contributed by atoms with Crippen molar-refractivity contribution in [2.75, 3.05) is 31.1 Å². The molecule has 0 unspecified atom stereocenters. The highest BCUT2D eigenvalue weighted by atomic mass is 35.5. The van der Waals surface area contributed by atoms with Gasteiger partial charge in [-0.3, -0.25) is 9.69 Å². The fourth-order valence-corrected chi connectivity index (χ4v) is 1.91. The van der Waals surface area contributed by atoms with Crippen LogP contribution < -0.4 is 4.90 Å². The number of urea groups is 1. The Labute approximate surface area is 122 Å². The number of carboxylic acid groups (broad SMARTS) is 1. The minimum absolute atomic E-state index is 0.145. The highest BCUT2D eigenvalue weighted by molar-refractivity contribution is 6.30. The van der Waals surface area contributed by atoms with Crippen molar-refractivity contribution in [3.63, 3.8) is 0 Å². The van der Waals surface area contributed by atoms with Crippen LogP contribution in [0.15, 0.2) is 24.3 Å². The van der Waals surface area contributed by atoms with E-state index in [9.17, 15) is 9.59 Å². The lowest BCUT2D eigenvalue weighted by molar-refractivity contribution is -0.135. The second kappa shape index (κ2) is 7.72. The zero-order valence-electron chi connectivity index (χ0n) is 11.1. The van der Waals surface area contributed by atoms with Gasteiger partial charge in [0.15, 0.2) is 0 Å². The van der Waals surface area contributed by atoms with Crippen LogP contribution in [0, 0.1) is 0 Å². The number of nitrogens with zero attached hydrogens (tertiary/aromatic N) is 2. The Kier molecular flexibility index (Phi) is 6.27. The minimum atomic E-state index is -1.13. The summed E-state index contributed by atoms with van der Waals surface area (Å²) >= 11 is 5.87. The summed E-state index contributed by atoms with van der Waals surface area (Å²) in [7, 11) is 0. The number of carboxylic acids is 1. The lowest BCUT2D eigenvalue weighted by atomic mass is 10.3. The molecule has 0 fully saturated rings. The van der Waals surface area contributed by atoms with Crippen LogP contribution in [0.1, 0.15) is 6.92 Å². The van der Waals surface area contributed by atoms with Gasteiger partial charge in [-0.15, -0.1) is 0 Å².